The number of anilines is 1. The predicted molar refractivity (Wildman–Crippen MR) is 83.5 cm³/mol. The fourth-order valence-corrected chi connectivity index (χ4v) is 2.53. The Kier molecular flexibility index (Phi) is 4.74. The average Bonchev–Trinajstić information content (AvgIpc) is 2.40. The molecule has 0 bridgehead atoms. The monoisotopic (exact) mass is 297 g/mol. The summed E-state index contributed by atoms with van der Waals surface area (Å²) in [7, 11) is 0. The van der Waals surface area contributed by atoms with Crippen LogP contribution in [0.1, 0.15) is 52.9 Å². The van der Waals surface area contributed by atoms with Crippen molar-refractivity contribution >= 4 is 17.3 Å². The van der Waals surface area contributed by atoms with Gasteiger partial charge in [-0.2, -0.15) is 5.10 Å². The third kappa shape index (κ3) is 3.17. The van der Waals surface area contributed by atoms with E-state index in [1.807, 2.05) is 0 Å². The van der Waals surface area contributed by atoms with Crippen LogP contribution in [-0.2, 0) is 6.54 Å². The molecule has 1 fully saturated rings. The first-order chi connectivity index (χ1) is 9.49. The summed E-state index contributed by atoms with van der Waals surface area (Å²) in [6, 6.07) is 0. The zero-order valence-corrected chi connectivity index (χ0v) is 13.3. The Balaban J connectivity index is 2.27. The van der Waals surface area contributed by atoms with Crippen molar-refractivity contribution < 1.29 is 0 Å². The van der Waals surface area contributed by atoms with Gasteiger partial charge in [0, 0.05) is 12.1 Å². The van der Waals surface area contributed by atoms with Crippen LogP contribution in [0.15, 0.2) is 11.0 Å². The minimum Gasteiger partial charge on any atom is -0.374 e. The molecule has 1 N–H and O–H groups in total. The molecule has 0 amide bonds. The van der Waals surface area contributed by atoms with E-state index in [1.165, 1.54) is 19.3 Å². The highest BCUT2D eigenvalue weighted by molar-refractivity contribution is 6.33. The van der Waals surface area contributed by atoms with Crippen molar-refractivity contribution in [2.75, 3.05) is 5.32 Å². The molecule has 1 heterocycles. The lowest BCUT2D eigenvalue weighted by Crippen LogP contribution is -2.38. The number of aromatic nitrogens is 2. The number of nitrogens with one attached hydrogen (secondary N) is 1. The predicted octanol–water partition coefficient (Wildman–Crippen LogP) is 3.69. The van der Waals surface area contributed by atoms with Crippen LogP contribution in [0, 0.1) is 5.92 Å². The van der Waals surface area contributed by atoms with Crippen molar-refractivity contribution in [3.05, 3.63) is 21.6 Å². The molecule has 0 radical (unpaired) electrons. The maximum absolute atomic E-state index is 12.5. The first kappa shape index (κ1) is 15.4. The maximum Gasteiger partial charge on any atom is 0.291 e. The van der Waals surface area contributed by atoms with Crippen molar-refractivity contribution in [2.24, 2.45) is 5.92 Å². The van der Waals surface area contributed by atoms with E-state index in [4.69, 9.17) is 11.6 Å². The molecule has 0 spiro atoms. The molecule has 1 aliphatic rings. The molecule has 4 nitrogen and oxygen atoms in total. The summed E-state index contributed by atoms with van der Waals surface area (Å²) in [6.45, 7) is 7.04. The Bertz CT molecular complexity index is 518. The number of hydrogen-bond donors (Lipinski definition) is 1. The highest BCUT2D eigenvalue weighted by Crippen LogP contribution is 2.28. The lowest BCUT2D eigenvalue weighted by molar-refractivity contribution is 0.262. The third-order valence-corrected chi connectivity index (χ3v) is 4.93. The molecule has 1 aliphatic carbocycles. The minimum absolute atomic E-state index is 0.0995. The number of hydrogen-bond acceptors (Lipinski definition) is 3. The summed E-state index contributed by atoms with van der Waals surface area (Å²) in [6.07, 6.45) is 7.11. The Morgan fingerprint density at radius 1 is 1.45 bits per heavy atom. The zero-order valence-electron chi connectivity index (χ0n) is 12.6. The van der Waals surface area contributed by atoms with Gasteiger partial charge in [-0.25, -0.2) is 4.68 Å². The molecule has 0 atom stereocenters. The standard InChI is InChI=1S/C15H24ClN3O/c1-4-15(3,5-2)18-13-12(16)9-17-19(14(13)20)10-11-7-6-8-11/h9,11,18H,4-8,10H2,1-3H3. The van der Waals surface area contributed by atoms with Gasteiger partial charge in [-0.15, -0.1) is 0 Å². The van der Waals surface area contributed by atoms with Crippen molar-refractivity contribution in [1.82, 2.24) is 9.78 Å². The van der Waals surface area contributed by atoms with Crippen molar-refractivity contribution in [3.63, 3.8) is 0 Å². The van der Waals surface area contributed by atoms with Gasteiger partial charge in [0.2, 0.25) is 0 Å². The molecule has 20 heavy (non-hydrogen) atoms. The van der Waals surface area contributed by atoms with E-state index in [1.54, 1.807) is 10.9 Å². The molecule has 0 aliphatic heterocycles. The van der Waals surface area contributed by atoms with Gasteiger partial charge in [-0.05, 0) is 38.5 Å². The van der Waals surface area contributed by atoms with Crippen LogP contribution >= 0.6 is 11.6 Å². The second-order valence-electron chi connectivity index (χ2n) is 6.04. The molecule has 1 aromatic heterocycles. The van der Waals surface area contributed by atoms with Crippen molar-refractivity contribution in [2.45, 2.75) is 65.0 Å². The molecule has 0 aromatic carbocycles. The van der Waals surface area contributed by atoms with Crippen LogP contribution in [0.2, 0.25) is 5.02 Å². The second-order valence-corrected chi connectivity index (χ2v) is 6.45. The highest BCUT2D eigenvalue weighted by Gasteiger charge is 2.24. The van der Waals surface area contributed by atoms with Crippen LogP contribution in [0.25, 0.3) is 0 Å². The molecule has 1 aromatic rings. The lowest BCUT2D eigenvalue weighted by Gasteiger charge is -2.30. The van der Waals surface area contributed by atoms with E-state index in [0.29, 0.717) is 23.2 Å². The topological polar surface area (TPSA) is 46.9 Å². The fraction of sp³-hybridized carbons (Fsp3) is 0.733. The van der Waals surface area contributed by atoms with Gasteiger partial charge in [0.15, 0.2) is 0 Å². The summed E-state index contributed by atoms with van der Waals surface area (Å²) in [5.41, 5.74) is 0.281. The summed E-state index contributed by atoms with van der Waals surface area (Å²) in [5, 5.41) is 7.92. The summed E-state index contributed by atoms with van der Waals surface area (Å²) < 4.78 is 1.56. The summed E-state index contributed by atoms with van der Waals surface area (Å²) in [5.74, 6) is 0.595. The number of nitrogens with zero attached hydrogens (tertiary/aromatic N) is 2. The van der Waals surface area contributed by atoms with E-state index < -0.39 is 0 Å². The maximum atomic E-state index is 12.5. The van der Waals surface area contributed by atoms with Crippen molar-refractivity contribution in [3.8, 4) is 0 Å². The first-order valence-corrected chi connectivity index (χ1v) is 7.90. The van der Waals surface area contributed by atoms with Gasteiger partial charge in [-0.1, -0.05) is 31.9 Å². The van der Waals surface area contributed by atoms with Gasteiger partial charge in [0.05, 0.1) is 11.2 Å². The van der Waals surface area contributed by atoms with E-state index in [9.17, 15) is 4.79 Å². The van der Waals surface area contributed by atoms with E-state index in [-0.39, 0.29) is 11.1 Å². The fourth-order valence-electron chi connectivity index (χ4n) is 2.36. The van der Waals surface area contributed by atoms with Crippen LogP contribution in [0.5, 0.6) is 0 Å². The molecule has 1 saturated carbocycles. The highest BCUT2D eigenvalue weighted by atomic mass is 35.5. The van der Waals surface area contributed by atoms with Gasteiger partial charge >= 0.3 is 0 Å². The van der Waals surface area contributed by atoms with Crippen LogP contribution < -0.4 is 10.9 Å². The quantitative estimate of drug-likeness (QED) is 0.871. The Morgan fingerprint density at radius 3 is 2.60 bits per heavy atom. The largest absolute Gasteiger partial charge is 0.374 e. The van der Waals surface area contributed by atoms with E-state index >= 15 is 0 Å². The summed E-state index contributed by atoms with van der Waals surface area (Å²) >= 11 is 6.17. The molecule has 5 heteroatoms. The molecular weight excluding hydrogens is 274 g/mol. The van der Waals surface area contributed by atoms with Gasteiger partial charge in [0.25, 0.3) is 5.56 Å². The lowest BCUT2D eigenvalue weighted by atomic mass is 9.85. The van der Waals surface area contributed by atoms with Gasteiger partial charge in [0.1, 0.15) is 5.69 Å². The van der Waals surface area contributed by atoms with E-state index in [0.717, 1.165) is 12.8 Å². The normalized spacial score (nSPS) is 16.0. The molecular formula is C15H24ClN3O. The SMILES string of the molecule is CCC(C)(CC)Nc1c(Cl)cnn(CC2CCC2)c1=O. The Morgan fingerprint density at radius 2 is 2.10 bits per heavy atom. The van der Waals surface area contributed by atoms with E-state index in [2.05, 4.69) is 31.2 Å². The van der Waals surface area contributed by atoms with Crippen molar-refractivity contribution in [1.29, 1.82) is 0 Å². The Hall–Kier alpha value is -1.03. The van der Waals surface area contributed by atoms with Gasteiger partial charge < -0.3 is 5.32 Å². The number of halogens is 1. The first-order valence-electron chi connectivity index (χ1n) is 7.53. The summed E-state index contributed by atoms with van der Waals surface area (Å²) in [4.78, 5) is 12.5. The smallest absolute Gasteiger partial charge is 0.291 e. The Labute approximate surface area is 125 Å². The van der Waals surface area contributed by atoms with Crippen LogP contribution in [0.3, 0.4) is 0 Å². The molecule has 112 valence electrons. The molecule has 0 unspecified atom stereocenters. The van der Waals surface area contributed by atoms with Crippen LogP contribution in [-0.4, -0.2) is 15.3 Å². The van der Waals surface area contributed by atoms with Gasteiger partial charge in [-0.3, -0.25) is 4.79 Å². The van der Waals surface area contributed by atoms with Crippen LogP contribution in [0.4, 0.5) is 5.69 Å². The molecule has 0 saturated heterocycles. The minimum atomic E-state index is -0.113. The second kappa shape index (κ2) is 6.17. The zero-order chi connectivity index (χ0) is 14.8. The third-order valence-electron chi connectivity index (χ3n) is 4.64. The number of rotatable bonds is 6. The molecule has 2 rings (SSSR count). The average molecular weight is 298 g/mol.